The first-order valence-electron chi connectivity index (χ1n) is 9.34. The molecule has 142 valence electrons. The van der Waals surface area contributed by atoms with Crippen molar-refractivity contribution in [1.29, 1.82) is 0 Å². The number of hydrogen-bond donors (Lipinski definition) is 2. The van der Waals surface area contributed by atoms with Crippen LogP contribution in [0, 0.1) is 5.92 Å². The number of hydrogen-bond acceptors (Lipinski definition) is 3. The fraction of sp³-hybridized carbons (Fsp3) is 0.364. The van der Waals surface area contributed by atoms with Crippen LogP contribution < -0.4 is 10.6 Å². The van der Waals surface area contributed by atoms with E-state index in [1.54, 1.807) is 7.05 Å². The molecule has 2 N–H and O–H groups in total. The largest absolute Gasteiger partial charge is 0.449 e. The van der Waals surface area contributed by atoms with Crippen molar-refractivity contribution in [2.45, 2.75) is 32.2 Å². The van der Waals surface area contributed by atoms with Crippen molar-refractivity contribution in [1.82, 2.24) is 10.6 Å². The van der Waals surface area contributed by atoms with Gasteiger partial charge < -0.3 is 15.4 Å². The van der Waals surface area contributed by atoms with Crippen LogP contribution in [0.3, 0.4) is 0 Å². The van der Waals surface area contributed by atoms with Gasteiger partial charge in [0, 0.05) is 13.0 Å². The second-order valence-corrected chi connectivity index (χ2v) is 7.27. The summed E-state index contributed by atoms with van der Waals surface area (Å²) in [5.41, 5.74) is 4.70. The van der Waals surface area contributed by atoms with E-state index in [9.17, 15) is 9.59 Å². The molecule has 1 atom stereocenters. The molecule has 1 aliphatic carbocycles. The molecule has 2 amide bonds. The van der Waals surface area contributed by atoms with E-state index in [4.69, 9.17) is 4.74 Å². The Balaban J connectivity index is 1.69. The van der Waals surface area contributed by atoms with Gasteiger partial charge in [-0.1, -0.05) is 62.4 Å². The van der Waals surface area contributed by atoms with Crippen LogP contribution in [0.1, 0.15) is 37.3 Å². The van der Waals surface area contributed by atoms with Crippen LogP contribution in [0.5, 0.6) is 0 Å². The quantitative estimate of drug-likeness (QED) is 0.819. The zero-order chi connectivity index (χ0) is 19.4. The summed E-state index contributed by atoms with van der Waals surface area (Å²) in [6.45, 7) is 4.26. The van der Waals surface area contributed by atoms with Crippen LogP contribution in [-0.4, -0.2) is 31.7 Å². The summed E-state index contributed by atoms with van der Waals surface area (Å²) in [6.07, 6.45) is -0.00439. The van der Waals surface area contributed by atoms with E-state index in [-0.39, 0.29) is 24.3 Å². The highest BCUT2D eigenvalue weighted by molar-refractivity contribution is 5.85. The molecule has 0 radical (unpaired) electrons. The Labute approximate surface area is 160 Å². The third-order valence-electron chi connectivity index (χ3n) is 4.91. The molecule has 2 aromatic carbocycles. The van der Waals surface area contributed by atoms with Crippen LogP contribution in [0.25, 0.3) is 11.1 Å². The maximum absolute atomic E-state index is 12.3. The number of ether oxygens (including phenoxy) is 1. The number of carbonyl (C=O) groups is 2. The molecule has 0 aromatic heterocycles. The van der Waals surface area contributed by atoms with Crippen molar-refractivity contribution in [3.63, 3.8) is 0 Å². The lowest BCUT2D eigenvalue weighted by Crippen LogP contribution is -2.46. The second kappa shape index (κ2) is 8.25. The zero-order valence-corrected chi connectivity index (χ0v) is 16.0. The lowest BCUT2D eigenvalue weighted by Gasteiger charge is -2.20. The first kappa shape index (κ1) is 19.0. The normalized spacial score (nSPS) is 13.6. The van der Waals surface area contributed by atoms with E-state index in [1.807, 2.05) is 38.1 Å². The molecule has 1 aliphatic rings. The maximum Gasteiger partial charge on any atom is 0.407 e. The van der Waals surface area contributed by atoms with Crippen molar-refractivity contribution in [3.8, 4) is 11.1 Å². The van der Waals surface area contributed by atoms with E-state index in [0.717, 1.165) is 11.1 Å². The van der Waals surface area contributed by atoms with Gasteiger partial charge in [-0.15, -0.1) is 0 Å². The Bertz CT molecular complexity index is 786. The fourth-order valence-electron chi connectivity index (χ4n) is 3.66. The molecule has 0 fully saturated rings. The predicted octanol–water partition coefficient (Wildman–Crippen LogP) is 3.69. The lowest BCUT2D eigenvalue weighted by molar-refractivity contribution is -0.122. The third kappa shape index (κ3) is 4.13. The number of amides is 2. The molecule has 5 nitrogen and oxygen atoms in total. The summed E-state index contributed by atoms with van der Waals surface area (Å²) in [7, 11) is 1.56. The molecule has 2 aromatic rings. The number of carbonyl (C=O) groups excluding carboxylic acids is 2. The fourth-order valence-corrected chi connectivity index (χ4v) is 3.66. The van der Waals surface area contributed by atoms with Gasteiger partial charge >= 0.3 is 6.09 Å². The first-order valence-corrected chi connectivity index (χ1v) is 9.34. The molecule has 5 heteroatoms. The molecule has 0 heterocycles. The highest BCUT2D eigenvalue weighted by Gasteiger charge is 2.29. The topological polar surface area (TPSA) is 67.4 Å². The molecular weight excluding hydrogens is 340 g/mol. The highest BCUT2D eigenvalue weighted by atomic mass is 16.5. The summed E-state index contributed by atoms with van der Waals surface area (Å²) in [6, 6.07) is 15.8. The Hall–Kier alpha value is -2.82. The average molecular weight is 366 g/mol. The molecule has 0 saturated carbocycles. The van der Waals surface area contributed by atoms with E-state index < -0.39 is 12.1 Å². The molecule has 3 rings (SSSR count). The van der Waals surface area contributed by atoms with E-state index in [1.165, 1.54) is 11.1 Å². The molecule has 27 heavy (non-hydrogen) atoms. The van der Waals surface area contributed by atoms with Crippen LogP contribution in [0.2, 0.25) is 0 Å². The van der Waals surface area contributed by atoms with Crippen molar-refractivity contribution in [2.75, 3.05) is 13.7 Å². The van der Waals surface area contributed by atoms with Gasteiger partial charge in [-0.3, -0.25) is 4.79 Å². The molecule has 0 spiro atoms. The molecule has 0 bridgehead atoms. The van der Waals surface area contributed by atoms with Gasteiger partial charge in [0.15, 0.2) is 0 Å². The van der Waals surface area contributed by atoms with Crippen LogP contribution >= 0.6 is 0 Å². The van der Waals surface area contributed by atoms with Gasteiger partial charge in [0.2, 0.25) is 5.91 Å². The van der Waals surface area contributed by atoms with Crippen LogP contribution in [-0.2, 0) is 9.53 Å². The van der Waals surface area contributed by atoms with Gasteiger partial charge in [-0.25, -0.2) is 4.79 Å². The smallest absolute Gasteiger partial charge is 0.407 e. The molecule has 0 saturated heterocycles. The van der Waals surface area contributed by atoms with Crippen molar-refractivity contribution < 1.29 is 14.3 Å². The van der Waals surface area contributed by atoms with Gasteiger partial charge in [0.05, 0.1) is 0 Å². The number of likely N-dealkylation sites (N-methyl/N-ethyl adjacent to an activating group) is 1. The van der Waals surface area contributed by atoms with Gasteiger partial charge in [-0.05, 0) is 34.6 Å². The summed E-state index contributed by atoms with van der Waals surface area (Å²) >= 11 is 0. The van der Waals surface area contributed by atoms with E-state index in [0.29, 0.717) is 6.42 Å². The highest BCUT2D eigenvalue weighted by Crippen LogP contribution is 2.44. The molecule has 0 unspecified atom stereocenters. The molecular formula is C22H26N2O3. The van der Waals surface area contributed by atoms with Crippen molar-refractivity contribution >= 4 is 12.0 Å². The number of rotatable bonds is 6. The summed E-state index contributed by atoms with van der Waals surface area (Å²) in [5, 5.41) is 5.29. The van der Waals surface area contributed by atoms with Crippen LogP contribution in [0.15, 0.2) is 48.5 Å². The van der Waals surface area contributed by atoms with E-state index >= 15 is 0 Å². The Kier molecular flexibility index (Phi) is 5.79. The maximum atomic E-state index is 12.3. The number of alkyl carbamates (subject to hydrolysis) is 1. The lowest BCUT2D eigenvalue weighted by atomic mass is 9.98. The predicted molar refractivity (Wildman–Crippen MR) is 106 cm³/mol. The van der Waals surface area contributed by atoms with Gasteiger partial charge in [0.25, 0.3) is 0 Å². The SMILES string of the molecule is CNC(=O)[C@H](CC(C)C)NC(=O)OCC1c2ccccc2-c2ccccc21. The first-order chi connectivity index (χ1) is 13.0. The summed E-state index contributed by atoms with van der Waals surface area (Å²) in [5.74, 6) is 0.0742. The number of nitrogens with one attached hydrogen (secondary N) is 2. The Morgan fingerprint density at radius 1 is 1.00 bits per heavy atom. The standard InChI is InChI=1S/C22H26N2O3/c1-14(2)12-20(21(25)23-3)24-22(26)27-13-19-17-10-6-4-8-15(17)16-9-5-7-11-18(16)19/h4-11,14,19-20H,12-13H2,1-3H3,(H,23,25)(H,24,26)/t20-/m0/s1. The van der Waals surface area contributed by atoms with E-state index in [2.05, 4.69) is 34.9 Å². The number of benzene rings is 2. The minimum absolute atomic E-state index is 0.00620. The van der Waals surface area contributed by atoms with Gasteiger partial charge in [-0.2, -0.15) is 0 Å². The minimum Gasteiger partial charge on any atom is -0.449 e. The Morgan fingerprint density at radius 2 is 1.56 bits per heavy atom. The van der Waals surface area contributed by atoms with Gasteiger partial charge in [0.1, 0.15) is 12.6 Å². The van der Waals surface area contributed by atoms with Crippen molar-refractivity contribution in [3.05, 3.63) is 59.7 Å². The minimum atomic E-state index is -0.592. The van der Waals surface area contributed by atoms with Crippen molar-refractivity contribution in [2.24, 2.45) is 5.92 Å². The second-order valence-electron chi connectivity index (χ2n) is 7.27. The summed E-state index contributed by atoms with van der Waals surface area (Å²) < 4.78 is 5.52. The Morgan fingerprint density at radius 3 is 2.07 bits per heavy atom. The summed E-state index contributed by atoms with van der Waals surface area (Å²) in [4.78, 5) is 24.3. The third-order valence-corrected chi connectivity index (χ3v) is 4.91. The molecule has 0 aliphatic heterocycles. The zero-order valence-electron chi connectivity index (χ0n) is 16.0. The average Bonchev–Trinajstić information content (AvgIpc) is 2.99. The number of fused-ring (bicyclic) bond motifs is 3. The van der Waals surface area contributed by atoms with Crippen LogP contribution in [0.4, 0.5) is 4.79 Å². The monoisotopic (exact) mass is 366 g/mol.